The lowest BCUT2D eigenvalue weighted by atomic mass is 10.1. The molecule has 0 unspecified atom stereocenters. The van der Waals surface area contributed by atoms with Crippen LogP contribution >= 0.6 is 0 Å². The molecule has 0 spiro atoms. The summed E-state index contributed by atoms with van der Waals surface area (Å²) >= 11 is 0. The number of aromatic carboxylic acids is 1. The van der Waals surface area contributed by atoms with Gasteiger partial charge in [0.2, 0.25) is 0 Å². The summed E-state index contributed by atoms with van der Waals surface area (Å²) in [5.41, 5.74) is -0.269. The van der Waals surface area contributed by atoms with E-state index in [0.717, 1.165) is 5.69 Å². The molecule has 0 atom stereocenters. The van der Waals surface area contributed by atoms with Crippen molar-refractivity contribution in [2.75, 3.05) is 329 Å². The average molecular weight is 1290 g/mol. The molecule has 0 aliphatic rings. The summed E-state index contributed by atoms with van der Waals surface area (Å²) < 4.78 is 132. The fraction of sp³-hybridized carbons (Fsp3) is 0.833. The monoisotopic (exact) mass is 1290 g/mol. The Labute approximate surface area is 525 Å². The van der Waals surface area contributed by atoms with E-state index < -0.39 is 17.2 Å². The van der Waals surface area contributed by atoms with E-state index in [1.54, 1.807) is 19.2 Å². The third-order valence-electron chi connectivity index (χ3n) is 11.6. The molecule has 0 saturated heterocycles. The first-order chi connectivity index (χ1) is 44.1. The number of ether oxygens (including phenoxy) is 23. The number of aliphatic hydroxyl groups is 1. The number of hydrogen-bond acceptors (Lipinski definition) is 28. The molecule has 1 aromatic heterocycles. The number of carboxylic acid groups (broad SMARTS) is 1. The number of methoxy groups -OCH3 is 1. The van der Waals surface area contributed by atoms with Crippen molar-refractivity contribution in [1.29, 1.82) is 0 Å². The highest BCUT2D eigenvalue weighted by Gasteiger charge is 2.15. The van der Waals surface area contributed by atoms with Gasteiger partial charge in [-0.15, -0.1) is 0 Å². The molecule has 0 saturated carbocycles. The van der Waals surface area contributed by atoms with Crippen LogP contribution in [0.15, 0.2) is 33.5 Å². The highest BCUT2D eigenvalue weighted by molar-refractivity contribution is 5.92. The van der Waals surface area contributed by atoms with E-state index in [9.17, 15) is 14.7 Å². The van der Waals surface area contributed by atoms with Crippen LogP contribution in [0.4, 0.5) is 5.69 Å². The van der Waals surface area contributed by atoms with Crippen molar-refractivity contribution in [3.05, 3.63) is 40.2 Å². The standard InChI is InChI=1S/C60H107NO28/c1-66-11-12-70-19-20-74-27-28-78-35-36-82-43-44-86-51-52-88-49-46-84-41-38-80-33-30-76-25-22-72-17-14-68-9-6-61(56-4-3-55-53-57(59(63)64)60(65)89-58(55)54-56)5-2-8-67-13-16-71-21-24-75-29-32-79-37-40-83-45-48-87-50-47-85-42-39-81-34-31-77-26-23-73-18-15-69-10-7-62/h3-4,53-54,62H,2,5-52H2,1H3,(H,63,64). The first-order valence-electron chi connectivity index (χ1n) is 30.9. The lowest BCUT2D eigenvalue weighted by Crippen LogP contribution is -2.30. The fourth-order valence-corrected chi connectivity index (χ4v) is 7.16. The number of carboxylic acids is 1. The van der Waals surface area contributed by atoms with Crippen LogP contribution in [0.1, 0.15) is 16.8 Å². The Hall–Kier alpha value is -3.26. The molecule has 2 aromatic rings. The number of aliphatic hydroxyl groups excluding tert-OH is 1. The molecule has 2 rings (SSSR count). The predicted octanol–water partition coefficient (Wildman–Crippen LogP) is 1.69. The van der Waals surface area contributed by atoms with Crippen molar-refractivity contribution >= 4 is 22.6 Å². The zero-order chi connectivity index (χ0) is 63.5. The second-order valence-electron chi connectivity index (χ2n) is 18.5. The van der Waals surface area contributed by atoms with Gasteiger partial charge in [0.1, 0.15) is 11.1 Å². The van der Waals surface area contributed by atoms with Crippen LogP contribution in [0.25, 0.3) is 11.0 Å². The minimum absolute atomic E-state index is 0.00901. The van der Waals surface area contributed by atoms with Gasteiger partial charge in [-0.3, -0.25) is 0 Å². The number of rotatable bonds is 74. The van der Waals surface area contributed by atoms with Gasteiger partial charge in [-0.2, -0.15) is 0 Å². The normalized spacial score (nSPS) is 11.7. The summed E-state index contributed by atoms with van der Waals surface area (Å²) in [6, 6.07) is 6.63. The van der Waals surface area contributed by atoms with E-state index in [-0.39, 0.29) is 12.2 Å². The van der Waals surface area contributed by atoms with Gasteiger partial charge in [-0.05, 0) is 24.6 Å². The Bertz CT molecular complexity index is 1780. The minimum atomic E-state index is -1.35. The van der Waals surface area contributed by atoms with E-state index in [1.807, 2.05) is 6.07 Å². The highest BCUT2D eigenvalue weighted by atomic mass is 16.6. The molecule has 0 aliphatic heterocycles. The first kappa shape index (κ1) is 81.8. The largest absolute Gasteiger partial charge is 0.477 e. The van der Waals surface area contributed by atoms with Gasteiger partial charge >= 0.3 is 11.6 Å². The Balaban J connectivity index is 1.38. The molecule has 1 aromatic carbocycles. The molecule has 0 radical (unpaired) electrons. The zero-order valence-corrected chi connectivity index (χ0v) is 52.9. The fourth-order valence-electron chi connectivity index (χ4n) is 7.16. The van der Waals surface area contributed by atoms with Crippen molar-refractivity contribution in [2.24, 2.45) is 0 Å². The zero-order valence-electron chi connectivity index (χ0n) is 52.9. The smallest absolute Gasteiger partial charge is 0.351 e. The van der Waals surface area contributed by atoms with Crippen LogP contribution in [0.3, 0.4) is 0 Å². The van der Waals surface area contributed by atoms with E-state index in [0.29, 0.717) is 322 Å². The molecule has 0 bridgehead atoms. The number of carbonyl (C=O) groups is 1. The number of anilines is 1. The lowest BCUT2D eigenvalue weighted by Gasteiger charge is -2.25. The van der Waals surface area contributed by atoms with Crippen molar-refractivity contribution in [1.82, 2.24) is 0 Å². The highest BCUT2D eigenvalue weighted by Crippen LogP contribution is 2.22. The van der Waals surface area contributed by atoms with Crippen LogP contribution in [-0.4, -0.2) is 340 Å². The van der Waals surface area contributed by atoms with Gasteiger partial charge < -0.3 is 128 Å². The summed E-state index contributed by atoms with van der Waals surface area (Å²) in [5.74, 6) is -1.35. The van der Waals surface area contributed by atoms with Crippen molar-refractivity contribution < 1.29 is 128 Å². The predicted molar refractivity (Wildman–Crippen MR) is 323 cm³/mol. The number of nitrogens with zero attached hydrogens (tertiary/aromatic N) is 1. The minimum Gasteiger partial charge on any atom is -0.477 e. The van der Waals surface area contributed by atoms with Crippen LogP contribution in [0.5, 0.6) is 0 Å². The Morgan fingerprint density at radius 3 is 0.876 bits per heavy atom. The van der Waals surface area contributed by atoms with Gasteiger partial charge in [0.05, 0.1) is 297 Å². The molecular weight excluding hydrogens is 1180 g/mol. The molecule has 29 nitrogen and oxygen atoms in total. The summed E-state index contributed by atoms with van der Waals surface area (Å²) in [6.45, 7) is 22.0. The molecule has 0 fully saturated rings. The molecule has 520 valence electrons. The van der Waals surface area contributed by atoms with Gasteiger partial charge in [0.25, 0.3) is 0 Å². The summed E-state index contributed by atoms with van der Waals surface area (Å²) in [6.07, 6.45) is 0.690. The topological polar surface area (TPSA) is 303 Å². The Kier molecular flexibility index (Phi) is 60.9. The van der Waals surface area contributed by atoms with E-state index in [4.69, 9.17) is 118 Å². The maximum absolute atomic E-state index is 12.3. The van der Waals surface area contributed by atoms with Crippen LogP contribution < -0.4 is 10.5 Å². The number of fused-ring (bicyclic) bond motifs is 1. The molecule has 0 aliphatic carbocycles. The second-order valence-corrected chi connectivity index (χ2v) is 18.5. The molecular formula is C60H107NO28. The van der Waals surface area contributed by atoms with Gasteiger partial charge in [-0.1, -0.05) is 0 Å². The molecule has 89 heavy (non-hydrogen) atoms. The average Bonchev–Trinajstić information content (AvgIpc) is 1.14. The Morgan fingerprint density at radius 2 is 0.607 bits per heavy atom. The third-order valence-corrected chi connectivity index (χ3v) is 11.6. The molecule has 0 amide bonds. The first-order valence-corrected chi connectivity index (χ1v) is 30.9. The van der Waals surface area contributed by atoms with Gasteiger partial charge in [-0.25, -0.2) is 9.59 Å². The molecule has 29 heteroatoms. The summed E-state index contributed by atoms with van der Waals surface area (Å²) in [5, 5.41) is 18.5. The summed E-state index contributed by atoms with van der Waals surface area (Å²) in [7, 11) is 1.64. The van der Waals surface area contributed by atoms with Crippen molar-refractivity contribution in [3.63, 3.8) is 0 Å². The number of hydrogen-bond donors (Lipinski definition) is 2. The maximum Gasteiger partial charge on any atom is 0.351 e. The van der Waals surface area contributed by atoms with Crippen LogP contribution in [0, 0.1) is 0 Å². The van der Waals surface area contributed by atoms with E-state index in [2.05, 4.69) is 4.90 Å². The lowest BCUT2D eigenvalue weighted by molar-refractivity contribution is -0.0279. The quantitative estimate of drug-likeness (QED) is 0.0703. The van der Waals surface area contributed by atoms with Gasteiger partial charge in [0, 0.05) is 43.9 Å². The van der Waals surface area contributed by atoms with E-state index in [1.165, 1.54) is 6.07 Å². The van der Waals surface area contributed by atoms with Crippen molar-refractivity contribution in [3.8, 4) is 0 Å². The van der Waals surface area contributed by atoms with Crippen molar-refractivity contribution in [2.45, 2.75) is 6.42 Å². The molecule has 2 N–H and O–H groups in total. The van der Waals surface area contributed by atoms with Crippen LogP contribution in [0.2, 0.25) is 0 Å². The maximum atomic E-state index is 12.3. The van der Waals surface area contributed by atoms with E-state index >= 15 is 0 Å². The summed E-state index contributed by atoms with van der Waals surface area (Å²) in [4.78, 5) is 25.9. The van der Waals surface area contributed by atoms with Gasteiger partial charge in [0.15, 0.2) is 0 Å². The third kappa shape index (κ3) is 53.9. The van der Waals surface area contributed by atoms with Crippen LogP contribution in [-0.2, 0) is 109 Å². The second kappa shape index (κ2) is 66.2. The molecule has 1 heterocycles. The Morgan fingerprint density at radius 1 is 0.348 bits per heavy atom. The SMILES string of the molecule is COCCOCCOCCOCCOCCOCCOCCOCCOCCOCCOCCOCCN(CCCOCCOCCOCCOCCOCCOCCOCCOCCOCCOCCOCCO)c1ccc2cc(C(=O)O)c(=O)oc2c1. The number of benzene rings is 1.